The summed E-state index contributed by atoms with van der Waals surface area (Å²) >= 11 is 0. The first-order chi connectivity index (χ1) is 16.5. The zero-order valence-electron chi connectivity index (χ0n) is 18.0. The van der Waals surface area contributed by atoms with E-state index in [1.54, 1.807) is 54.6 Å². The third kappa shape index (κ3) is 4.01. The van der Waals surface area contributed by atoms with Gasteiger partial charge in [-0.3, -0.25) is 19.3 Å². The van der Waals surface area contributed by atoms with E-state index in [1.165, 1.54) is 17.0 Å². The Bertz CT molecular complexity index is 1280. The van der Waals surface area contributed by atoms with Crippen molar-refractivity contribution in [3.05, 3.63) is 94.5 Å². The number of hydrogen-bond acceptors (Lipinski definition) is 7. The molecule has 0 aromatic heterocycles. The fraction of sp³-hybridized carbons (Fsp3) is 0.154. The Labute approximate surface area is 194 Å². The lowest BCUT2D eigenvalue weighted by atomic mass is 10.1. The van der Waals surface area contributed by atoms with Crippen LogP contribution < -0.4 is 9.47 Å². The van der Waals surface area contributed by atoms with Gasteiger partial charge in [-0.25, -0.2) is 4.79 Å². The molecule has 3 aromatic carbocycles. The number of nitrogens with zero attached hydrogens (tertiary/aromatic N) is 1. The Kier molecular flexibility index (Phi) is 5.55. The van der Waals surface area contributed by atoms with Crippen LogP contribution in [-0.4, -0.2) is 48.3 Å². The number of ether oxygens (including phenoxy) is 3. The van der Waals surface area contributed by atoms with Crippen LogP contribution in [0.5, 0.6) is 11.5 Å². The van der Waals surface area contributed by atoms with Gasteiger partial charge in [-0.2, -0.15) is 0 Å². The van der Waals surface area contributed by atoms with Crippen LogP contribution in [0.4, 0.5) is 0 Å². The van der Waals surface area contributed by atoms with Crippen LogP contribution in [-0.2, 0) is 11.3 Å². The van der Waals surface area contributed by atoms with Crippen LogP contribution in [0.25, 0.3) is 0 Å². The van der Waals surface area contributed by atoms with Crippen molar-refractivity contribution >= 4 is 23.6 Å². The van der Waals surface area contributed by atoms with Gasteiger partial charge < -0.3 is 14.2 Å². The number of ketones is 1. The first kappa shape index (κ1) is 21.4. The van der Waals surface area contributed by atoms with E-state index in [4.69, 9.17) is 14.2 Å². The van der Waals surface area contributed by atoms with Crippen LogP contribution in [0.2, 0.25) is 0 Å². The number of amides is 2. The van der Waals surface area contributed by atoms with E-state index in [2.05, 4.69) is 0 Å². The quantitative estimate of drug-likeness (QED) is 0.318. The molecule has 2 amide bonds. The van der Waals surface area contributed by atoms with Gasteiger partial charge >= 0.3 is 5.97 Å². The van der Waals surface area contributed by atoms with Crippen LogP contribution in [0.15, 0.2) is 66.7 Å². The van der Waals surface area contributed by atoms with Gasteiger partial charge in [0.2, 0.25) is 0 Å². The second-order valence-corrected chi connectivity index (χ2v) is 7.80. The fourth-order valence-corrected chi connectivity index (χ4v) is 3.83. The highest BCUT2D eigenvalue weighted by Gasteiger charge is 2.34. The minimum absolute atomic E-state index is 0.0876. The molecule has 34 heavy (non-hydrogen) atoms. The van der Waals surface area contributed by atoms with Crippen LogP contribution in [0.1, 0.15) is 47.0 Å². The van der Waals surface area contributed by atoms with Crippen LogP contribution in [0.3, 0.4) is 0 Å². The number of fused-ring (bicyclic) bond motifs is 2. The summed E-state index contributed by atoms with van der Waals surface area (Å²) < 4.78 is 16.1. The molecule has 0 N–H and O–H groups in total. The van der Waals surface area contributed by atoms with Gasteiger partial charge in [0.15, 0.2) is 23.9 Å². The molecule has 0 radical (unpaired) electrons. The predicted octanol–water partition coefficient (Wildman–Crippen LogP) is 3.29. The highest BCUT2D eigenvalue weighted by Crippen LogP contribution is 2.31. The number of Topliss-reactive ketones (excluding diaryl/α,β-unsaturated/α-hetero) is 1. The van der Waals surface area contributed by atoms with E-state index in [1.807, 2.05) is 0 Å². The first-order valence-electron chi connectivity index (χ1n) is 10.7. The molecule has 0 unspecified atom stereocenters. The van der Waals surface area contributed by atoms with Gasteiger partial charge in [0, 0.05) is 5.56 Å². The van der Waals surface area contributed by atoms with E-state index in [0.29, 0.717) is 47.0 Å². The summed E-state index contributed by atoms with van der Waals surface area (Å²) in [5.74, 6) is -0.660. The van der Waals surface area contributed by atoms with Crippen LogP contribution in [0, 0.1) is 0 Å². The van der Waals surface area contributed by atoms with Crippen molar-refractivity contribution in [3.8, 4) is 11.5 Å². The van der Waals surface area contributed by atoms with E-state index in [9.17, 15) is 19.2 Å². The number of esters is 1. The molecule has 0 atom stereocenters. The van der Waals surface area contributed by atoms with Crippen molar-refractivity contribution in [1.82, 2.24) is 4.90 Å². The standard InChI is InChI=1S/C26H19NO7/c28-21(18-9-10-22-23(13-18)33-12-11-32-22)15-34-26(31)17-7-5-16(6-8-17)14-27-24(29)19-3-1-2-4-20(19)25(27)30/h1-10,13H,11-12,14-15H2. The second kappa shape index (κ2) is 8.82. The summed E-state index contributed by atoms with van der Waals surface area (Å²) in [6.45, 7) is 0.525. The lowest BCUT2D eigenvalue weighted by Gasteiger charge is -2.18. The zero-order valence-corrected chi connectivity index (χ0v) is 18.0. The van der Waals surface area contributed by atoms with Gasteiger partial charge in [-0.15, -0.1) is 0 Å². The van der Waals surface area contributed by atoms with Crippen molar-refractivity contribution in [2.45, 2.75) is 6.54 Å². The van der Waals surface area contributed by atoms with Crippen molar-refractivity contribution in [3.63, 3.8) is 0 Å². The molecular weight excluding hydrogens is 438 g/mol. The second-order valence-electron chi connectivity index (χ2n) is 7.80. The number of carbonyl (C=O) groups excluding carboxylic acids is 4. The van der Waals surface area contributed by atoms with Crippen molar-refractivity contribution in [1.29, 1.82) is 0 Å². The van der Waals surface area contributed by atoms with Gasteiger partial charge in [0.25, 0.3) is 11.8 Å². The van der Waals surface area contributed by atoms with Gasteiger partial charge in [0.05, 0.1) is 23.2 Å². The van der Waals surface area contributed by atoms with E-state index < -0.39 is 12.6 Å². The Morgan fingerprint density at radius 1 is 0.794 bits per heavy atom. The Balaban J connectivity index is 1.19. The minimum Gasteiger partial charge on any atom is -0.486 e. The monoisotopic (exact) mass is 457 g/mol. The lowest BCUT2D eigenvalue weighted by Crippen LogP contribution is -2.29. The SMILES string of the molecule is O=C(COC(=O)c1ccc(CN2C(=O)c3ccccc3C2=O)cc1)c1ccc2c(c1)OCCO2. The predicted molar refractivity (Wildman–Crippen MR) is 119 cm³/mol. The fourth-order valence-electron chi connectivity index (χ4n) is 3.83. The summed E-state index contributed by atoms with van der Waals surface area (Å²) in [4.78, 5) is 51.0. The third-order valence-corrected chi connectivity index (χ3v) is 5.61. The Hall–Kier alpha value is -4.46. The molecule has 2 heterocycles. The molecule has 0 spiro atoms. The maximum Gasteiger partial charge on any atom is 0.338 e. The number of carbonyl (C=O) groups is 4. The smallest absolute Gasteiger partial charge is 0.338 e. The maximum absolute atomic E-state index is 12.5. The zero-order chi connectivity index (χ0) is 23.7. The molecule has 8 nitrogen and oxygen atoms in total. The Morgan fingerprint density at radius 3 is 2.09 bits per heavy atom. The molecule has 2 aliphatic heterocycles. The summed E-state index contributed by atoms with van der Waals surface area (Å²) in [6, 6.07) is 17.8. The average molecular weight is 457 g/mol. The highest BCUT2D eigenvalue weighted by atomic mass is 16.6. The highest BCUT2D eigenvalue weighted by molar-refractivity contribution is 6.21. The number of hydrogen-bond donors (Lipinski definition) is 0. The summed E-state index contributed by atoms with van der Waals surface area (Å²) in [5, 5.41) is 0. The molecule has 5 rings (SSSR count). The van der Waals surface area contributed by atoms with Gasteiger partial charge in [0.1, 0.15) is 13.2 Å². The van der Waals surface area contributed by atoms with E-state index in [-0.39, 0.29) is 29.7 Å². The Morgan fingerprint density at radius 2 is 1.41 bits per heavy atom. The molecule has 0 fully saturated rings. The molecule has 3 aromatic rings. The number of imide groups is 1. The van der Waals surface area contributed by atoms with Crippen LogP contribution >= 0.6 is 0 Å². The van der Waals surface area contributed by atoms with Crippen molar-refractivity contribution in [2.24, 2.45) is 0 Å². The first-order valence-corrected chi connectivity index (χ1v) is 10.7. The molecule has 0 bridgehead atoms. The third-order valence-electron chi connectivity index (χ3n) is 5.61. The van der Waals surface area contributed by atoms with Crippen molar-refractivity contribution < 1.29 is 33.4 Å². The topological polar surface area (TPSA) is 99.2 Å². The van der Waals surface area contributed by atoms with Gasteiger partial charge in [-0.05, 0) is 48.0 Å². The largest absolute Gasteiger partial charge is 0.486 e. The van der Waals surface area contributed by atoms with Gasteiger partial charge in [-0.1, -0.05) is 24.3 Å². The molecule has 2 aliphatic rings. The normalized spacial score (nSPS) is 14.1. The lowest BCUT2D eigenvalue weighted by molar-refractivity contribution is 0.0474. The van der Waals surface area contributed by atoms with E-state index in [0.717, 1.165) is 0 Å². The minimum atomic E-state index is -0.654. The van der Waals surface area contributed by atoms with Crippen molar-refractivity contribution in [2.75, 3.05) is 19.8 Å². The summed E-state index contributed by atoms with van der Waals surface area (Å²) in [7, 11) is 0. The summed E-state index contributed by atoms with van der Waals surface area (Å²) in [5.41, 5.74) is 2.05. The molecule has 8 heteroatoms. The van der Waals surface area contributed by atoms with E-state index >= 15 is 0 Å². The molecular formula is C26H19NO7. The molecule has 0 aliphatic carbocycles. The molecule has 170 valence electrons. The average Bonchev–Trinajstić information content (AvgIpc) is 3.12. The number of benzene rings is 3. The molecule has 0 saturated carbocycles. The maximum atomic E-state index is 12.5. The summed E-state index contributed by atoms with van der Waals surface area (Å²) in [6.07, 6.45) is 0. The molecule has 0 saturated heterocycles. The number of rotatable bonds is 6.